The molecule has 0 spiro atoms. The minimum absolute atomic E-state index is 0.00433. The molecule has 3 aromatic rings. The van der Waals surface area contributed by atoms with Gasteiger partial charge < -0.3 is 14.6 Å². The van der Waals surface area contributed by atoms with Crippen LogP contribution in [0.2, 0.25) is 0 Å². The monoisotopic (exact) mass is 433 g/mol. The molecule has 0 aliphatic carbocycles. The van der Waals surface area contributed by atoms with Gasteiger partial charge >= 0.3 is 0 Å². The summed E-state index contributed by atoms with van der Waals surface area (Å²) in [5.74, 6) is -0.577. The van der Waals surface area contributed by atoms with E-state index in [1.54, 1.807) is 41.6 Å². The van der Waals surface area contributed by atoms with Gasteiger partial charge in [-0.3, -0.25) is 14.6 Å². The lowest BCUT2D eigenvalue weighted by atomic mass is 9.87. The molecule has 0 unspecified atom stereocenters. The number of nitrogens with zero attached hydrogens (tertiary/aromatic N) is 2. The molecule has 0 saturated carbocycles. The number of furan rings is 1. The van der Waals surface area contributed by atoms with E-state index in [4.69, 9.17) is 4.42 Å². The number of anilines is 1. The van der Waals surface area contributed by atoms with Gasteiger partial charge in [0.25, 0.3) is 11.8 Å². The first kappa shape index (κ1) is 23.3. The van der Waals surface area contributed by atoms with Crippen molar-refractivity contribution in [2.24, 2.45) is 0 Å². The second-order valence-electron chi connectivity index (χ2n) is 9.81. The molecule has 0 bridgehead atoms. The molecule has 0 fully saturated rings. The number of nitrogens with one attached hydrogen (secondary N) is 1. The van der Waals surface area contributed by atoms with E-state index < -0.39 is 17.5 Å². The lowest BCUT2D eigenvalue weighted by Crippen LogP contribution is -2.51. The zero-order valence-corrected chi connectivity index (χ0v) is 19.5. The number of carbonyl (C=O) groups excluding carboxylic acids is 2. The highest BCUT2D eigenvalue weighted by atomic mass is 16.3. The third-order valence-electron chi connectivity index (χ3n) is 5.17. The number of carbonyl (C=O) groups is 2. The molecule has 6 nitrogen and oxygen atoms in total. The Balaban J connectivity index is 2.01. The fourth-order valence-electron chi connectivity index (χ4n) is 3.53. The second kappa shape index (κ2) is 8.99. The van der Waals surface area contributed by atoms with Crippen molar-refractivity contribution in [1.82, 2.24) is 10.3 Å². The van der Waals surface area contributed by atoms with Crippen LogP contribution in [0.1, 0.15) is 69.3 Å². The average Bonchev–Trinajstić information content (AvgIpc) is 3.26. The summed E-state index contributed by atoms with van der Waals surface area (Å²) in [4.78, 5) is 32.6. The van der Waals surface area contributed by atoms with Gasteiger partial charge in [-0.05, 0) is 62.1 Å². The van der Waals surface area contributed by atoms with Crippen molar-refractivity contribution in [3.63, 3.8) is 0 Å². The van der Waals surface area contributed by atoms with E-state index in [2.05, 4.69) is 31.1 Å². The zero-order valence-electron chi connectivity index (χ0n) is 19.5. The quantitative estimate of drug-likeness (QED) is 0.594. The third kappa shape index (κ3) is 5.25. The summed E-state index contributed by atoms with van der Waals surface area (Å²) in [5, 5.41) is 2.83. The molecular formula is C26H31N3O3. The lowest BCUT2D eigenvalue weighted by Gasteiger charge is -2.38. The van der Waals surface area contributed by atoms with Crippen LogP contribution in [0, 0.1) is 0 Å². The Morgan fingerprint density at radius 2 is 1.66 bits per heavy atom. The maximum absolute atomic E-state index is 13.9. The van der Waals surface area contributed by atoms with Gasteiger partial charge in [-0.25, -0.2) is 0 Å². The molecule has 1 aromatic carbocycles. The van der Waals surface area contributed by atoms with E-state index in [9.17, 15) is 9.59 Å². The molecular weight excluding hydrogens is 402 g/mol. The Morgan fingerprint density at radius 3 is 2.16 bits per heavy atom. The van der Waals surface area contributed by atoms with Gasteiger partial charge in [0.05, 0.1) is 6.26 Å². The van der Waals surface area contributed by atoms with E-state index in [0.717, 1.165) is 5.69 Å². The SMILES string of the molecule is CC(C)(C)c1ccc(N(C(=O)[C@H](NC(=O)c2ccco2)c2cccnc2)C(C)(C)C)cc1. The molecule has 0 aliphatic heterocycles. The van der Waals surface area contributed by atoms with Crippen molar-refractivity contribution in [2.75, 3.05) is 4.90 Å². The van der Waals surface area contributed by atoms with Crippen LogP contribution >= 0.6 is 0 Å². The number of benzene rings is 1. The minimum Gasteiger partial charge on any atom is -0.459 e. The maximum Gasteiger partial charge on any atom is 0.287 e. The highest BCUT2D eigenvalue weighted by Crippen LogP contribution is 2.31. The molecule has 0 saturated heterocycles. The van der Waals surface area contributed by atoms with Crippen molar-refractivity contribution in [1.29, 1.82) is 0 Å². The molecule has 2 aromatic heterocycles. The molecule has 2 amide bonds. The summed E-state index contributed by atoms with van der Waals surface area (Å²) in [5.41, 5.74) is 2.01. The summed E-state index contributed by atoms with van der Waals surface area (Å²) >= 11 is 0. The number of rotatable bonds is 5. The summed E-state index contributed by atoms with van der Waals surface area (Å²) in [6.07, 6.45) is 4.65. The van der Waals surface area contributed by atoms with Crippen LogP contribution in [0.3, 0.4) is 0 Å². The van der Waals surface area contributed by atoms with Gasteiger partial charge in [0.2, 0.25) is 0 Å². The van der Waals surface area contributed by atoms with Gasteiger partial charge in [0.15, 0.2) is 5.76 Å². The van der Waals surface area contributed by atoms with Crippen LogP contribution in [0.15, 0.2) is 71.6 Å². The molecule has 6 heteroatoms. The number of pyridine rings is 1. The molecule has 2 heterocycles. The number of hydrogen-bond acceptors (Lipinski definition) is 4. The molecule has 0 radical (unpaired) electrons. The number of hydrogen-bond donors (Lipinski definition) is 1. The Morgan fingerprint density at radius 1 is 0.969 bits per heavy atom. The Hall–Kier alpha value is -3.41. The lowest BCUT2D eigenvalue weighted by molar-refractivity contribution is -0.121. The van der Waals surface area contributed by atoms with Crippen molar-refractivity contribution in [3.05, 3.63) is 84.1 Å². The van der Waals surface area contributed by atoms with Crippen molar-refractivity contribution >= 4 is 17.5 Å². The second-order valence-corrected chi connectivity index (χ2v) is 9.81. The van der Waals surface area contributed by atoms with Gasteiger partial charge in [-0.2, -0.15) is 0 Å². The van der Waals surface area contributed by atoms with Gasteiger partial charge in [0.1, 0.15) is 6.04 Å². The molecule has 168 valence electrons. The average molecular weight is 434 g/mol. The first-order valence-corrected chi connectivity index (χ1v) is 10.7. The third-order valence-corrected chi connectivity index (χ3v) is 5.17. The largest absolute Gasteiger partial charge is 0.459 e. The van der Waals surface area contributed by atoms with Crippen LogP contribution in [0.5, 0.6) is 0 Å². The number of amides is 2. The first-order valence-electron chi connectivity index (χ1n) is 10.7. The Kier molecular flexibility index (Phi) is 6.53. The molecule has 32 heavy (non-hydrogen) atoms. The smallest absolute Gasteiger partial charge is 0.287 e. The van der Waals surface area contributed by atoms with Gasteiger partial charge in [0, 0.05) is 29.2 Å². The van der Waals surface area contributed by atoms with Crippen molar-refractivity contribution in [2.45, 2.75) is 58.5 Å². The highest BCUT2D eigenvalue weighted by Gasteiger charge is 2.35. The predicted octanol–water partition coefficient (Wildman–Crippen LogP) is 5.27. The number of aromatic nitrogens is 1. The summed E-state index contributed by atoms with van der Waals surface area (Å²) in [6, 6.07) is 13.8. The van der Waals surface area contributed by atoms with E-state index >= 15 is 0 Å². The fourth-order valence-corrected chi connectivity index (χ4v) is 3.53. The topological polar surface area (TPSA) is 75.4 Å². The minimum atomic E-state index is -0.928. The van der Waals surface area contributed by atoms with E-state index in [0.29, 0.717) is 5.56 Å². The maximum atomic E-state index is 13.9. The van der Waals surface area contributed by atoms with E-state index in [1.807, 2.05) is 45.0 Å². The van der Waals surface area contributed by atoms with E-state index in [-0.39, 0.29) is 17.1 Å². The highest BCUT2D eigenvalue weighted by molar-refractivity contribution is 6.02. The Labute approximate surface area is 189 Å². The van der Waals surface area contributed by atoms with Crippen molar-refractivity contribution < 1.29 is 14.0 Å². The van der Waals surface area contributed by atoms with Gasteiger partial charge in [-0.1, -0.05) is 39.0 Å². The summed E-state index contributed by atoms with van der Waals surface area (Å²) in [6.45, 7) is 12.4. The van der Waals surface area contributed by atoms with Gasteiger partial charge in [-0.15, -0.1) is 0 Å². The van der Waals surface area contributed by atoms with Crippen LogP contribution in [-0.4, -0.2) is 22.3 Å². The first-order chi connectivity index (χ1) is 15.0. The van der Waals surface area contributed by atoms with Crippen LogP contribution < -0.4 is 10.2 Å². The van der Waals surface area contributed by atoms with E-state index in [1.165, 1.54) is 11.8 Å². The normalized spacial score (nSPS) is 12.8. The molecule has 1 atom stereocenters. The summed E-state index contributed by atoms with van der Waals surface area (Å²) < 4.78 is 5.22. The van der Waals surface area contributed by atoms with Crippen LogP contribution in [0.25, 0.3) is 0 Å². The molecule has 0 aliphatic rings. The van der Waals surface area contributed by atoms with Crippen molar-refractivity contribution in [3.8, 4) is 0 Å². The zero-order chi connectivity index (χ0) is 23.5. The molecule has 3 rings (SSSR count). The Bertz CT molecular complexity index is 1040. The predicted molar refractivity (Wildman–Crippen MR) is 126 cm³/mol. The molecule has 1 N–H and O–H groups in total. The van der Waals surface area contributed by atoms with Crippen LogP contribution in [0.4, 0.5) is 5.69 Å². The fraction of sp³-hybridized carbons (Fsp3) is 0.346. The van der Waals surface area contributed by atoms with Crippen LogP contribution in [-0.2, 0) is 10.2 Å². The summed E-state index contributed by atoms with van der Waals surface area (Å²) in [7, 11) is 0. The standard InChI is InChI=1S/C26H31N3O3/c1-25(2,3)19-11-13-20(14-12-19)29(26(4,5)6)24(31)22(18-9-7-15-27-17-18)28-23(30)21-10-8-16-32-21/h7-17,22H,1-6H3,(H,28,30)/t22-/m1/s1.